The van der Waals surface area contributed by atoms with Crippen LogP contribution in [-0.2, 0) is 9.53 Å². The van der Waals surface area contributed by atoms with Crippen molar-refractivity contribution in [2.24, 2.45) is 0 Å². The number of nitrogens with zero attached hydrogens (tertiary/aromatic N) is 1. The van der Waals surface area contributed by atoms with Gasteiger partial charge in [-0.2, -0.15) is 0 Å². The Kier molecular flexibility index (Phi) is 4.94. The van der Waals surface area contributed by atoms with Gasteiger partial charge in [0.2, 0.25) is 0 Å². The minimum absolute atomic E-state index is 0.00878. The van der Waals surface area contributed by atoms with Crippen molar-refractivity contribution in [2.45, 2.75) is 45.6 Å². The Hall–Kier alpha value is -0.570. The number of hydrogen-bond acceptors (Lipinski definition) is 3. The molecule has 1 heterocycles. The molecule has 1 aliphatic heterocycles. The Morgan fingerprint density at radius 1 is 1.21 bits per heavy atom. The normalized spacial score (nSPS) is 19.4. The second-order valence-corrected chi connectivity index (χ2v) is 4.23. The number of carbonyl (C=O) groups excluding carboxylic acids is 1. The fourth-order valence-corrected chi connectivity index (χ4v) is 1.78. The molecule has 0 radical (unpaired) electrons. The molecular weight excluding hydrogens is 178 g/mol. The lowest BCUT2D eigenvalue weighted by molar-refractivity contribution is -0.148. The van der Waals surface area contributed by atoms with E-state index in [1.165, 1.54) is 25.7 Å². The molecule has 0 bridgehead atoms. The van der Waals surface area contributed by atoms with Crippen LogP contribution < -0.4 is 0 Å². The van der Waals surface area contributed by atoms with Gasteiger partial charge in [0.1, 0.15) is 0 Å². The molecule has 0 amide bonds. The zero-order valence-electron chi connectivity index (χ0n) is 9.29. The average Bonchev–Trinajstić information content (AvgIpc) is 2.31. The molecule has 14 heavy (non-hydrogen) atoms. The van der Waals surface area contributed by atoms with Gasteiger partial charge in [-0.3, -0.25) is 9.69 Å². The summed E-state index contributed by atoms with van der Waals surface area (Å²) in [6.07, 6.45) is 5.05. The van der Waals surface area contributed by atoms with Crippen LogP contribution in [0.4, 0.5) is 0 Å². The highest BCUT2D eigenvalue weighted by atomic mass is 16.5. The van der Waals surface area contributed by atoms with Crippen LogP contribution in [0.2, 0.25) is 0 Å². The number of likely N-dealkylation sites (tertiary alicyclic amines) is 1. The summed E-state index contributed by atoms with van der Waals surface area (Å²) < 4.78 is 5.11. The molecule has 82 valence electrons. The Morgan fingerprint density at radius 2 is 1.79 bits per heavy atom. The minimum atomic E-state index is -0.0816. The third-order valence-electron chi connectivity index (χ3n) is 2.42. The number of hydrogen-bond donors (Lipinski definition) is 0. The third kappa shape index (κ3) is 4.61. The van der Waals surface area contributed by atoms with Crippen LogP contribution >= 0.6 is 0 Å². The summed E-state index contributed by atoms with van der Waals surface area (Å²) in [5.74, 6) is -0.0816. The number of carbonyl (C=O) groups is 1. The molecule has 3 heteroatoms. The van der Waals surface area contributed by atoms with Crippen molar-refractivity contribution in [1.82, 2.24) is 4.90 Å². The standard InChI is InChI=1S/C11H21NO2/c1-10(2)14-11(13)9-12-7-5-3-4-6-8-12/h10H,3-9H2,1-2H3. The lowest BCUT2D eigenvalue weighted by atomic mass is 10.2. The lowest BCUT2D eigenvalue weighted by Gasteiger charge is -2.19. The maximum absolute atomic E-state index is 11.4. The number of rotatable bonds is 3. The smallest absolute Gasteiger partial charge is 0.320 e. The fraction of sp³-hybridized carbons (Fsp3) is 0.909. The summed E-state index contributed by atoms with van der Waals surface area (Å²) in [6.45, 7) is 6.35. The van der Waals surface area contributed by atoms with Crippen molar-refractivity contribution in [2.75, 3.05) is 19.6 Å². The molecule has 0 aromatic carbocycles. The molecule has 1 rings (SSSR count). The summed E-state index contributed by atoms with van der Waals surface area (Å²) in [6, 6.07) is 0. The minimum Gasteiger partial charge on any atom is -0.462 e. The van der Waals surface area contributed by atoms with Crippen molar-refractivity contribution >= 4 is 5.97 Å². The van der Waals surface area contributed by atoms with E-state index in [2.05, 4.69) is 4.90 Å². The predicted octanol–water partition coefficient (Wildman–Crippen LogP) is 1.81. The van der Waals surface area contributed by atoms with Gasteiger partial charge < -0.3 is 4.74 Å². The first kappa shape index (κ1) is 11.5. The van der Waals surface area contributed by atoms with Crippen LogP contribution in [0.15, 0.2) is 0 Å². The first-order valence-electron chi connectivity index (χ1n) is 5.60. The van der Waals surface area contributed by atoms with E-state index in [-0.39, 0.29) is 12.1 Å². The van der Waals surface area contributed by atoms with Crippen molar-refractivity contribution in [1.29, 1.82) is 0 Å². The summed E-state index contributed by atoms with van der Waals surface area (Å²) in [5, 5.41) is 0. The summed E-state index contributed by atoms with van der Waals surface area (Å²) in [7, 11) is 0. The highest BCUT2D eigenvalue weighted by Gasteiger charge is 2.14. The van der Waals surface area contributed by atoms with Crippen LogP contribution in [0.3, 0.4) is 0 Å². The van der Waals surface area contributed by atoms with Crippen molar-refractivity contribution in [3.63, 3.8) is 0 Å². The third-order valence-corrected chi connectivity index (χ3v) is 2.42. The summed E-state index contributed by atoms with van der Waals surface area (Å²) in [4.78, 5) is 13.6. The molecule has 1 aliphatic rings. The molecule has 0 spiro atoms. The molecule has 0 aliphatic carbocycles. The predicted molar refractivity (Wildman–Crippen MR) is 56.1 cm³/mol. The van der Waals surface area contributed by atoms with Gasteiger partial charge in [-0.05, 0) is 39.8 Å². The van der Waals surface area contributed by atoms with Crippen molar-refractivity contribution < 1.29 is 9.53 Å². The topological polar surface area (TPSA) is 29.5 Å². The van der Waals surface area contributed by atoms with Crippen molar-refractivity contribution in [3.05, 3.63) is 0 Å². The zero-order chi connectivity index (χ0) is 10.4. The van der Waals surface area contributed by atoms with E-state index in [0.717, 1.165) is 13.1 Å². The van der Waals surface area contributed by atoms with Gasteiger partial charge in [0.05, 0.1) is 12.6 Å². The highest BCUT2D eigenvalue weighted by Crippen LogP contribution is 2.09. The van der Waals surface area contributed by atoms with Gasteiger partial charge >= 0.3 is 5.97 Å². The maximum Gasteiger partial charge on any atom is 0.320 e. The molecule has 0 unspecified atom stereocenters. The molecule has 0 aromatic heterocycles. The van der Waals surface area contributed by atoms with Gasteiger partial charge in [-0.25, -0.2) is 0 Å². The van der Waals surface area contributed by atoms with Crippen LogP contribution in [-0.4, -0.2) is 36.6 Å². The van der Waals surface area contributed by atoms with Crippen LogP contribution in [0, 0.1) is 0 Å². The van der Waals surface area contributed by atoms with E-state index in [0.29, 0.717) is 6.54 Å². The van der Waals surface area contributed by atoms with E-state index in [1.54, 1.807) is 0 Å². The lowest BCUT2D eigenvalue weighted by Crippen LogP contribution is -2.32. The molecule has 3 nitrogen and oxygen atoms in total. The fourth-order valence-electron chi connectivity index (χ4n) is 1.78. The van der Waals surface area contributed by atoms with Gasteiger partial charge in [-0.1, -0.05) is 12.8 Å². The van der Waals surface area contributed by atoms with Crippen LogP contribution in [0.1, 0.15) is 39.5 Å². The molecule has 0 N–H and O–H groups in total. The van der Waals surface area contributed by atoms with Crippen LogP contribution in [0.25, 0.3) is 0 Å². The van der Waals surface area contributed by atoms with E-state index in [9.17, 15) is 4.79 Å². The van der Waals surface area contributed by atoms with Gasteiger partial charge in [-0.15, -0.1) is 0 Å². The number of esters is 1. The van der Waals surface area contributed by atoms with Gasteiger partial charge in [0, 0.05) is 0 Å². The SMILES string of the molecule is CC(C)OC(=O)CN1CCCCCC1. The Labute approximate surface area is 86.4 Å². The largest absolute Gasteiger partial charge is 0.462 e. The molecule has 1 saturated heterocycles. The Morgan fingerprint density at radius 3 is 2.29 bits per heavy atom. The first-order chi connectivity index (χ1) is 6.68. The van der Waals surface area contributed by atoms with Crippen molar-refractivity contribution in [3.8, 4) is 0 Å². The van der Waals surface area contributed by atoms with E-state index in [4.69, 9.17) is 4.74 Å². The summed E-state index contributed by atoms with van der Waals surface area (Å²) >= 11 is 0. The van der Waals surface area contributed by atoms with E-state index < -0.39 is 0 Å². The first-order valence-corrected chi connectivity index (χ1v) is 5.60. The van der Waals surface area contributed by atoms with Gasteiger partial charge in [0.15, 0.2) is 0 Å². The Balaban J connectivity index is 2.23. The zero-order valence-corrected chi connectivity index (χ0v) is 9.29. The monoisotopic (exact) mass is 199 g/mol. The molecule has 0 aromatic rings. The highest BCUT2D eigenvalue weighted by molar-refractivity contribution is 5.71. The summed E-state index contributed by atoms with van der Waals surface area (Å²) in [5.41, 5.74) is 0. The molecule has 0 atom stereocenters. The molecule has 1 fully saturated rings. The van der Waals surface area contributed by atoms with E-state index in [1.807, 2.05) is 13.8 Å². The van der Waals surface area contributed by atoms with E-state index >= 15 is 0 Å². The molecule has 0 saturated carbocycles. The second kappa shape index (κ2) is 6.02. The molecular formula is C11H21NO2. The average molecular weight is 199 g/mol. The van der Waals surface area contributed by atoms with Crippen LogP contribution in [0.5, 0.6) is 0 Å². The maximum atomic E-state index is 11.4. The van der Waals surface area contributed by atoms with Gasteiger partial charge in [0.25, 0.3) is 0 Å². The number of ether oxygens (including phenoxy) is 1. The Bertz CT molecular complexity index is 172. The quantitative estimate of drug-likeness (QED) is 0.649. The second-order valence-electron chi connectivity index (χ2n) is 4.23.